The number of fused-ring (bicyclic) bond motifs is 1. The van der Waals surface area contributed by atoms with E-state index in [-0.39, 0.29) is 11.9 Å². The lowest BCUT2D eigenvalue weighted by molar-refractivity contribution is 0.636. The number of aromatic nitrogens is 3. The highest BCUT2D eigenvalue weighted by atomic mass is 19.1. The van der Waals surface area contributed by atoms with Crippen LogP contribution in [0.3, 0.4) is 0 Å². The van der Waals surface area contributed by atoms with E-state index in [1.165, 1.54) is 12.4 Å². The average molecular weight is 330 g/mol. The van der Waals surface area contributed by atoms with Gasteiger partial charge in [0.15, 0.2) is 0 Å². The van der Waals surface area contributed by atoms with Crippen molar-refractivity contribution < 1.29 is 4.39 Å². The number of hydrogen-bond acceptors (Lipinski definition) is 4. The maximum absolute atomic E-state index is 14.0. The summed E-state index contributed by atoms with van der Waals surface area (Å²) in [5, 5.41) is 4.07. The van der Waals surface area contributed by atoms with Crippen molar-refractivity contribution in [3.8, 4) is 0 Å². The first kappa shape index (κ1) is 15.2. The van der Waals surface area contributed by atoms with E-state index in [9.17, 15) is 4.39 Å². The minimum absolute atomic E-state index is 0.156. The topological polar surface area (TPSA) is 50.7 Å². The molecule has 4 rings (SSSR count). The van der Waals surface area contributed by atoms with Crippen LogP contribution in [0.15, 0.2) is 79.4 Å². The van der Waals surface area contributed by atoms with Crippen molar-refractivity contribution in [1.29, 1.82) is 0 Å². The van der Waals surface area contributed by atoms with Crippen LogP contribution in [0.1, 0.15) is 17.2 Å². The number of anilines is 1. The molecular formula is C20H15FN4. The molecule has 122 valence electrons. The third-order valence-electron chi connectivity index (χ3n) is 4.05. The first-order valence-electron chi connectivity index (χ1n) is 7.93. The molecule has 4 aromatic rings. The van der Waals surface area contributed by atoms with Crippen LogP contribution in [-0.2, 0) is 0 Å². The van der Waals surface area contributed by atoms with Gasteiger partial charge in [0.25, 0.3) is 0 Å². The van der Waals surface area contributed by atoms with E-state index in [1.807, 2.05) is 54.7 Å². The highest BCUT2D eigenvalue weighted by molar-refractivity contribution is 5.89. The summed E-state index contributed by atoms with van der Waals surface area (Å²) in [4.78, 5) is 12.6. The zero-order valence-electron chi connectivity index (χ0n) is 13.3. The van der Waals surface area contributed by atoms with Crippen LogP contribution in [0.2, 0.25) is 0 Å². The fourth-order valence-corrected chi connectivity index (χ4v) is 2.85. The van der Waals surface area contributed by atoms with E-state index in [0.29, 0.717) is 16.7 Å². The van der Waals surface area contributed by atoms with Crippen molar-refractivity contribution in [2.45, 2.75) is 6.04 Å². The molecule has 5 heteroatoms. The summed E-state index contributed by atoms with van der Waals surface area (Å²) in [6.07, 6.45) is 4.93. The summed E-state index contributed by atoms with van der Waals surface area (Å²) in [6, 6.07) is 18.6. The first-order valence-corrected chi connectivity index (χ1v) is 7.93. The third kappa shape index (κ3) is 3.04. The molecule has 4 nitrogen and oxygen atoms in total. The van der Waals surface area contributed by atoms with Gasteiger partial charge in [-0.2, -0.15) is 0 Å². The Morgan fingerprint density at radius 1 is 0.840 bits per heavy atom. The molecular weight excluding hydrogens is 315 g/mol. The minimum atomic E-state index is -0.361. The Kier molecular flexibility index (Phi) is 4.04. The minimum Gasteiger partial charge on any atom is -0.358 e. The Bertz CT molecular complexity index is 951. The van der Waals surface area contributed by atoms with Gasteiger partial charge in [0.2, 0.25) is 0 Å². The van der Waals surface area contributed by atoms with Gasteiger partial charge in [0.05, 0.1) is 6.04 Å². The third-order valence-corrected chi connectivity index (χ3v) is 4.05. The fourth-order valence-electron chi connectivity index (χ4n) is 2.85. The maximum atomic E-state index is 14.0. The molecule has 0 aliphatic heterocycles. The van der Waals surface area contributed by atoms with Gasteiger partial charge in [-0.05, 0) is 29.3 Å². The number of rotatable bonds is 4. The average Bonchev–Trinajstić information content (AvgIpc) is 2.68. The number of hydrogen-bond donors (Lipinski definition) is 1. The SMILES string of the molecule is Fc1cccc2c(NC(c3ccccc3)c3cccnc3)ncnc12. The van der Waals surface area contributed by atoms with Gasteiger partial charge in [-0.15, -0.1) is 0 Å². The highest BCUT2D eigenvalue weighted by Crippen LogP contribution is 2.29. The van der Waals surface area contributed by atoms with Crippen molar-refractivity contribution >= 4 is 16.7 Å². The Morgan fingerprint density at radius 3 is 2.48 bits per heavy atom. The summed E-state index contributed by atoms with van der Waals surface area (Å²) in [5.74, 6) is 0.225. The number of nitrogens with one attached hydrogen (secondary N) is 1. The van der Waals surface area contributed by atoms with Crippen LogP contribution in [0.25, 0.3) is 10.9 Å². The second kappa shape index (κ2) is 6.65. The molecule has 0 fully saturated rings. The molecule has 1 N–H and O–H groups in total. The quantitative estimate of drug-likeness (QED) is 0.604. The maximum Gasteiger partial charge on any atom is 0.149 e. The number of halogens is 1. The van der Waals surface area contributed by atoms with Gasteiger partial charge in [0, 0.05) is 17.8 Å². The predicted molar refractivity (Wildman–Crippen MR) is 95.6 cm³/mol. The molecule has 0 saturated heterocycles. The van der Waals surface area contributed by atoms with E-state index < -0.39 is 0 Å². The van der Waals surface area contributed by atoms with Gasteiger partial charge in [-0.25, -0.2) is 14.4 Å². The van der Waals surface area contributed by atoms with E-state index in [4.69, 9.17) is 0 Å². The number of benzene rings is 2. The van der Waals surface area contributed by atoms with Crippen molar-refractivity contribution in [1.82, 2.24) is 15.0 Å². The van der Waals surface area contributed by atoms with Crippen molar-refractivity contribution in [3.05, 3.63) is 96.3 Å². The fraction of sp³-hybridized carbons (Fsp3) is 0.0500. The lowest BCUT2D eigenvalue weighted by atomic mass is 10.00. The molecule has 1 unspecified atom stereocenters. The second-order valence-corrected chi connectivity index (χ2v) is 5.63. The number of nitrogens with zero attached hydrogens (tertiary/aromatic N) is 3. The molecule has 0 spiro atoms. The zero-order chi connectivity index (χ0) is 17.1. The highest BCUT2D eigenvalue weighted by Gasteiger charge is 2.16. The van der Waals surface area contributed by atoms with E-state index in [1.54, 1.807) is 12.3 Å². The normalized spacial score (nSPS) is 12.0. The summed E-state index contributed by atoms with van der Waals surface area (Å²) in [5.41, 5.74) is 2.37. The van der Waals surface area contributed by atoms with Crippen LogP contribution in [-0.4, -0.2) is 15.0 Å². The van der Waals surface area contributed by atoms with E-state index in [0.717, 1.165) is 11.1 Å². The number of para-hydroxylation sites is 1. The largest absolute Gasteiger partial charge is 0.358 e. The van der Waals surface area contributed by atoms with Crippen LogP contribution < -0.4 is 5.32 Å². The molecule has 0 radical (unpaired) electrons. The molecule has 2 aromatic heterocycles. The van der Waals surface area contributed by atoms with E-state index >= 15 is 0 Å². The van der Waals surface area contributed by atoms with Crippen LogP contribution in [0.4, 0.5) is 10.2 Å². The van der Waals surface area contributed by atoms with E-state index in [2.05, 4.69) is 20.3 Å². The molecule has 1 atom stereocenters. The van der Waals surface area contributed by atoms with Crippen molar-refractivity contribution in [3.63, 3.8) is 0 Å². The molecule has 2 aromatic carbocycles. The Balaban J connectivity index is 1.81. The lowest BCUT2D eigenvalue weighted by Gasteiger charge is -2.21. The second-order valence-electron chi connectivity index (χ2n) is 5.63. The molecule has 0 saturated carbocycles. The molecule has 2 heterocycles. The van der Waals surface area contributed by atoms with Gasteiger partial charge in [-0.3, -0.25) is 4.98 Å². The van der Waals surface area contributed by atoms with Crippen LogP contribution >= 0.6 is 0 Å². The summed E-state index contributed by atoms with van der Waals surface area (Å²) < 4.78 is 14.0. The van der Waals surface area contributed by atoms with Crippen LogP contribution in [0, 0.1) is 5.82 Å². The molecule has 25 heavy (non-hydrogen) atoms. The lowest BCUT2D eigenvalue weighted by Crippen LogP contribution is -2.14. The first-order chi connectivity index (χ1) is 12.3. The van der Waals surface area contributed by atoms with Crippen molar-refractivity contribution in [2.24, 2.45) is 0 Å². The Labute approximate surface area is 144 Å². The standard InChI is InChI=1S/C20H15FN4/c21-17-10-4-9-16-19(17)23-13-24-20(16)25-18(14-6-2-1-3-7-14)15-8-5-11-22-12-15/h1-13,18H,(H,23,24,25). The monoisotopic (exact) mass is 330 g/mol. The summed E-state index contributed by atoms with van der Waals surface area (Å²) >= 11 is 0. The Hall–Kier alpha value is -3.34. The van der Waals surface area contributed by atoms with Gasteiger partial charge in [-0.1, -0.05) is 42.5 Å². The van der Waals surface area contributed by atoms with Gasteiger partial charge < -0.3 is 5.32 Å². The summed E-state index contributed by atoms with van der Waals surface area (Å²) in [6.45, 7) is 0. The smallest absolute Gasteiger partial charge is 0.149 e. The zero-order valence-corrected chi connectivity index (χ0v) is 13.3. The molecule has 0 aliphatic rings. The molecule has 0 aliphatic carbocycles. The predicted octanol–water partition coefficient (Wildman–Crippen LogP) is 4.37. The van der Waals surface area contributed by atoms with Gasteiger partial charge in [0.1, 0.15) is 23.5 Å². The number of pyridine rings is 1. The molecule has 0 bridgehead atoms. The molecule has 0 amide bonds. The summed E-state index contributed by atoms with van der Waals surface area (Å²) in [7, 11) is 0. The van der Waals surface area contributed by atoms with Crippen molar-refractivity contribution in [2.75, 3.05) is 5.32 Å². The van der Waals surface area contributed by atoms with Gasteiger partial charge >= 0.3 is 0 Å². The Morgan fingerprint density at radius 2 is 1.68 bits per heavy atom. The van der Waals surface area contributed by atoms with Crippen LogP contribution in [0.5, 0.6) is 0 Å².